The van der Waals surface area contributed by atoms with E-state index < -0.39 is 5.69 Å². The Bertz CT molecular complexity index is 497. The Morgan fingerprint density at radius 1 is 0.429 bits per heavy atom. The quantitative estimate of drug-likeness (QED) is 0.0400. The molecule has 0 aromatic carbocycles. The molecular weight excluding hydrogens is 625 g/mol. The van der Waals surface area contributed by atoms with Gasteiger partial charge in [-0.2, -0.15) is 0 Å². The van der Waals surface area contributed by atoms with Crippen molar-refractivity contribution in [2.24, 2.45) is 0 Å². The van der Waals surface area contributed by atoms with Crippen LogP contribution in [-0.2, 0) is 35.8 Å². The van der Waals surface area contributed by atoms with Crippen molar-refractivity contribution in [1.82, 2.24) is 0 Å². The van der Waals surface area contributed by atoms with Crippen molar-refractivity contribution < 1.29 is 28.9 Å². The fraction of sp³-hybridized carbons (Fsp3) is 1.00. The van der Waals surface area contributed by atoms with Crippen LogP contribution < -0.4 is 0 Å². The minimum absolute atomic E-state index is 0. The molecule has 1 unspecified atom stereocenters. The van der Waals surface area contributed by atoms with Crippen molar-refractivity contribution >= 4 is 28.9 Å². The summed E-state index contributed by atoms with van der Waals surface area (Å²) in [6.07, 6.45) is 44.2. The van der Waals surface area contributed by atoms with E-state index >= 15 is 0 Å². The van der Waals surface area contributed by atoms with Gasteiger partial charge in [0.05, 0.1) is 6.61 Å². The summed E-state index contributed by atoms with van der Waals surface area (Å²) in [5.74, 6) is 0.950. The largest absolute Gasteiger partial charge is 0.337 e. The molecule has 0 aromatic heterocycles. The summed E-state index contributed by atoms with van der Waals surface area (Å²) in [6.45, 7) is 5.22. The van der Waals surface area contributed by atoms with E-state index in [1.807, 2.05) is 0 Å². The molecule has 1 atom stereocenters. The number of rotatable bonds is 36. The van der Waals surface area contributed by atoms with Crippen molar-refractivity contribution in [1.29, 1.82) is 0 Å². The van der Waals surface area contributed by atoms with Crippen LogP contribution in [0.15, 0.2) is 0 Å². The first kappa shape index (κ1) is 45.7. The summed E-state index contributed by atoms with van der Waals surface area (Å²) < 4.78 is 5.72. The molecule has 0 amide bonds. The first-order valence-corrected chi connectivity index (χ1v) is 23.0. The SMILES string of the molecule is CCCCCCCCCCCCCCCCCCOP(O)(=S)SCCCCCCCCCCCCCCCCCC.[Zn]. The van der Waals surface area contributed by atoms with Gasteiger partial charge in [-0.3, -0.25) is 0 Å². The second-order valence-corrected chi connectivity index (χ2v) is 19.0. The Labute approximate surface area is 287 Å². The van der Waals surface area contributed by atoms with Crippen LogP contribution in [0.3, 0.4) is 0 Å². The Hall–Kier alpha value is 1.54. The van der Waals surface area contributed by atoms with Gasteiger partial charge in [0.25, 0.3) is 0 Å². The van der Waals surface area contributed by atoms with Crippen molar-refractivity contribution in [3.63, 3.8) is 0 Å². The molecule has 0 heterocycles. The average Bonchev–Trinajstić information content (AvgIpc) is 2.96. The predicted octanol–water partition coefficient (Wildman–Crippen LogP) is 14.5. The van der Waals surface area contributed by atoms with E-state index in [0.29, 0.717) is 6.61 Å². The molecule has 0 aliphatic carbocycles. The van der Waals surface area contributed by atoms with Gasteiger partial charge in [0, 0.05) is 25.2 Å². The van der Waals surface area contributed by atoms with Crippen molar-refractivity contribution in [3.05, 3.63) is 0 Å². The summed E-state index contributed by atoms with van der Waals surface area (Å²) in [4.78, 5) is 10.4. The van der Waals surface area contributed by atoms with Crippen LogP contribution in [0.5, 0.6) is 0 Å². The Balaban J connectivity index is 0. The van der Waals surface area contributed by atoms with Crippen LogP contribution in [0.25, 0.3) is 0 Å². The van der Waals surface area contributed by atoms with Gasteiger partial charge in [0.15, 0.2) is 0 Å². The van der Waals surface area contributed by atoms with Gasteiger partial charge in [-0.1, -0.05) is 218 Å². The average molecular weight is 700 g/mol. The minimum Gasteiger partial charge on any atom is -0.337 e. The molecular formula is C36H75O2PS2Zn. The fourth-order valence-electron chi connectivity index (χ4n) is 5.70. The molecule has 0 rings (SSSR count). The van der Waals surface area contributed by atoms with Gasteiger partial charge in [0.2, 0.25) is 5.69 Å². The topological polar surface area (TPSA) is 29.5 Å². The van der Waals surface area contributed by atoms with Crippen LogP contribution in [0.4, 0.5) is 0 Å². The molecule has 0 bridgehead atoms. The fourth-order valence-corrected chi connectivity index (χ4v) is 9.12. The third-order valence-corrected chi connectivity index (χ3v) is 12.9. The van der Waals surface area contributed by atoms with E-state index in [1.165, 1.54) is 204 Å². The van der Waals surface area contributed by atoms with Crippen LogP contribution >= 0.6 is 17.1 Å². The maximum absolute atomic E-state index is 10.4. The van der Waals surface area contributed by atoms with E-state index in [2.05, 4.69) is 13.8 Å². The van der Waals surface area contributed by atoms with Gasteiger partial charge in [-0.15, -0.1) is 0 Å². The summed E-state index contributed by atoms with van der Waals surface area (Å²) >= 11 is 6.88. The molecule has 42 heavy (non-hydrogen) atoms. The van der Waals surface area contributed by atoms with Gasteiger partial charge in [-0.05, 0) is 24.6 Å². The zero-order valence-electron chi connectivity index (χ0n) is 28.9. The van der Waals surface area contributed by atoms with E-state index in [-0.39, 0.29) is 19.5 Å². The summed E-state index contributed by atoms with van der Waals surface area (Å²) in [6, 6.07) is 0. The molecule has 0 spiro atoms. The van der Waals surface area contributed by atoms with E-state index in [4.69, 9.17) is 16.3 Å². The molecule has 0 saturated heterocycles. The standard InChI is InChI=1S/C36H75O2PS2.Zn/c1-3-5-7-9-11-13-15-17-19-21-23-25-27-29-31-33-35-38-39(37,40)41-36-34-32-30-28-26-24-22-20-18-16-14-12-10-8-6-4-2;/h3-36H2,1-2H3,(H,37,40);. The molecule has 250 valence electrons. The molecule has 2 nitrogen and oxygen atoms in total. The zero-order chi connectivity index (χ0) is 30.0. The van der Waals surface area contributed by atoms with E-state index in [9.17, 15) is 4.89 Å². The maximum Gasteiger partial charge on any atom is 0.244 e. The van der Waals surface area contributed by atoms with Crippen molar-refractivity contribution in [2.75, 3.05) is 12.4 Å². The third kappa shape index (κ3) is 39.6. The van der Waals surface area contributed by atoms with E-state index in [0.717, 1.165) is 18.6 Å². The molecule has 1 N–H and O–H groups in total. The first-order valence-electron chi connectivity index (χ1n) is 18.7. The van der Waals surface area contributed by atoms with Gasteiger partial charge in [0.1, 0.15) is 0 Å². The Morgan fingerprint density at radius 3 is 0.952 bits per heavy atom. The first-order chi connectivity index (χ1) is 20.1. The monoisotopic (exact) mass is 698 g/mol. The van der Waals surface area contributed by atoms with Crippen LogP contribution in [-0.4, -0.2) is 17.3 Å². The zero-order valence-corrected chi connectivity index (χ0v) is 34.4. The summed E-state index contributed by atoms with van der Waals surface area (Å²) in [5.41, 5.74) is -2.62. The molecule has 0 aliphatic heterocycles. The minimum atomic E-state index is -2.62. The summed E-state index contributed by atoms with van der Waals surface area (Å²) in [7, 11) is 0. The molecule has 0 aromatic rings. The van der Waals surface area contributed by atoms with Gasteiger partial charge in [-0.25, -0.2) is 0 Å². The second-order valence-electron chi connectivity index (χ2n) is 12.7. The van der Waals surface area contributed by atoms with Gasteiger partial charge >= 0.3 is 0 Å². The summed E-state index contributed by atoms with van der Waals surface area (Å²) in [5, 5.41) is 0. The van der Waals surface area contributed by atoms with E-state index in [1.54, 1.807) is 0 Å². The molecule has 0 aliphatic rings. The molecule has 0 radical (unpaired) electrons. The number of unbranched alkanes of at least 4 members (excludes halogenated alkanes) is 30. The normalized spacial score (nSPS) is 12.8. The molecule has 0 fully saturated rings. The molecule has 6 heteroatoms. The number of hydrogen-bond donors (Lipinski definition) is 1. The van der Waals surface area contributed by atoms with Crippen LogP contribution in [0.2, 0.25) is 0 Å². The maximum atomic E-state index is 10.4. The van der Waals surface area contributed by atoms with Crippen molar-refractivity contribution in [2.45, 2.75) is 219 Å². The number of hydrogen-bond acceptors (Lipinski definition) is 3. The smallest absolute Gasteiger partial charge is 0.244 e. The second kappa shape index (κ2) is 38.7. The third-order valence-electron chi connectivity index (χ3n) is 8.50. The predicted molar refractivity (Wildman–Crippen MR) is 194 cm³/mol. The van der Waals surface area contributed by atoms with Crippen molar-refractivity contribution in [3.8, 4) is 0 Å². The Morgan fingerprint density at radius 2 is 0.667 bits per heavy atom. The molecule has 0 saturated carbocycles. The Kier molecular flexibility index (Phi) is 42.1. The van der Waals surface area contributed by atoms with Crippen LogP contribution in [0, 0.1) is 0 Å². The van der Waals surface area contributed by atoms with Crippen LogP contribution in [0.1, 0.15) is 219 Å². The van der Waals surface area contributed by atoms with Gasteiger partial charge < -0.3 is 9.42 Å².